The first-order valence-corrected chi connectivity index (χ1v) is 9.15. The van der Waals surface area contributed by atoms with Crippen LogP contribution in [0, 0.1) is 17.8 Å². The summed E-state index contributed by atoms with van der Waals surface area (Å²) < 4.78 is 19.0. The highest BCUT2D eigenvalue weighted by molar-refractivity contribution is 7.60. The fraction of sp³-hybridized carbons (Fsp3) is 1.00. The molecule has 3 heteroatoms. The summed E-state index contributed by atoms with van der Waals surface area (Å²) in [6.45, 7) is 4.67. The van der Waals surface area contributed by atoms with Crippen LogP contribution in [0.15, 0.2) is 0 Å². The molecule has 4 fully saturated rings. The topological polar surface area (TPSA) is 26.3 Å². The Morgan fingerprint density at radius 3 is 1.88 bits per heavy atom. The van der Waals surface area contributed by atoms with Crippen LogP contribution in [-0.2, 0) is 9.09 Å². The van der Waals surface area contributed by atoms with Gasteiger partial charge in [0.25, 0.3) is 0 Å². The van der Waals surface area contributed by atoms with E-state index >= 15 is 0 Å². The fourth-order valence-electron chi connectivity index (χ4n) is 5.25. The molecule has 4 aliphatic carbocycles. The first kappa shape index (κ1) is 12.2. The standard InChI is InChI=1S/C14H25O2P/c1-3-16-17(15,4-2)14-8-11-5-12(9-14)7-13(6-11)10-14/h11-13H,3-10H2,1-2H3. The summed E-state index contributed by atoms with van der Waals surface area (Å²) in [6, 6.07) is 0. The van der Waals surface area contributed by atoms with Crippen LogP contribution < -0.4 is 0 Å². The van der Waals surface area contributed by atoms with Crippen molar-refractivity contribution >= 4 is 7.37 Å². The molecule has 0 aromatic carbocycles. The van der Waals surface area contributed by atoms with Crippen molar-refractivity contribution in [2.45, 2.75) is 57.5 Å². The fourth-order valence-corrected chi connectivity index (χ4v) is 8.41. The minimum atomic E-state index is -2.40. The minimum absolute atomic E-state index is 0.0898. The van der Waals surface area contributed by atoms with E-state index in [0.717, 1.165) is 23.9 Å². The Morgan fingerprint density at radius 2 is 1.53 bits per heavy atom. The second kappa shape index (κ2) is 4.10. The first-order valence-electron chi connectivity index (χ1n) is 7.34. The molecule has 0 aromatic heterocycles. The SMILES string of the molecule is CCOP(=O)(CC)C12CC3CC(CC(C3)C1)C2. The molecular formula is C14H25O2P. The van der Waals surface area contributed by atoms with Gasteiger partial charge in [0, 0.05) is 11.3 Å². The lowest BCUT2D eigenvalue weighted by Crippen LogP contribution is -2.50. The lowest BCUT2D eigenvalue weighted by atomic mass is 9.56. The van der Waals surface area contributed by atoms with Crippen LogP contribution in [0.1, 0.15) is 52.4 Å². The maximum Gasteiger partial charge on any atom is 0.208 e. The van der Waals surface area contributed by atoms with Gasteiger partial charge in [-0.15, -0.1) is 0 Å². The van der Waals surface area contributed by atoms with E-state index in [1.165, 1.54) is 38.5 Å². The molecule has 0 amide bonds. The summed E-state index contributed by atoms with van der Waals surface area (Å²) in [5, 5.41) is 0.0898. The molecule has 98 valence electrons. The van der Waals surface area contributed by atoms with E-state index < -0.39 is 7.37 Å². The molecule has 0 aromatic rings. The van der Waals surface area contributed by atoms with Crippen molar-refractivity contribution in [3.8, 4) is 0 Å². The molecule has 4 bridgehead atoms. The molecule has 4 saturated carbocycles. The second-order valence-electron chi connectivity index (χ2n) is 6.55. The van der Waals surface area contributed by atoms with Crippen molar-refractivity contribution in [3.63, 3.8) is 0 Å². The van der Waals surface area contributed by atoms with Gasteiger partial charge in [0.1, 0.15) is 0 Å². The molecular weight excluding hydrogens is 231 g/mol. The van der Waals surface area contributed by atoms with E-state index in [0.29, 0.717) is 6.61 Å². The van der Waals surface area contributed by atoms with Crippen molar-refractivity contribution in [1.82, 2.24) is 0 Å². The summed E-state index contributed by atoms with van der Waals surface area (Å²) in [4.78, 5) is 0. The van der Waals surface area contributed by atoms with Gasteiger partial charge in [0.05, 0.1) is 6.61 Å². The Bertz CT molecular complexity index is 315. The van der Waals surface area contributed by atoms with Gasteiger partial charge >= 0.3 is 0 Å². The normalized spacial score (nSPS) is 47.1. The Balaban J connectivity index is 1.92. The van der Waals surface area contributed by atoms with Crippen LogP contribution in [0.3, 0.4) is 0 Å². The van der Waals surface area contributed by atoms with Crippen LogP contribution in [0.2, 0.25) is 0 Å². The molecule has 2 nitrogen and oxygen atoms in total. The van der Waals surface area contributed by atoms with Crippen LogP contribution >= 0.6 is 7.37 Å². The Labute approximate surface area is 105 Å². The maximum absolute atomic E-state index is 13.2. The Kier molecular flexibility index (Phi) is 2.95. The molecule has 0 heterocycles. The van der Waals surface area contributed by atoms with Gasteiger partial charge < -0.3 is 4.52 Å². The highest BCUT2D eigenvalue weighted by Gasteiger charge is 2.59. The maximum atomic E-state index is 13.2. The zero-order chi connectivity index (χ0) is 12.1. The summed E-state index contributed by atoms with van der Waals surface area (Å²) in [6.07, 6.45) is 8.57. The zero-order valence-electron chi connectivity index (χ0n) is 11.2. The number of hydrogen-bond acceptors (Lipinski definition) is 2. The van der Waals surface area contributed by atoms with E-state index in [4.69, 9.17) is 4.52 Å². The number of rotatable bonds is 4. The summed E-state index contributed by atoms with van der Waals surface area (Å²) in [7, 11) is -2.40. The third-order valence-electron chi connectivity index (χ3n) is 5.48. The van der Waals surface area contributed by atoms with Gasteiger partial charge in [-0.1, -0.05) is 6.92 Å². The monoisotopic (exact) mass is 256 g/mol. The highest BCUT2D eigenvalue weighted by atomic mass is 31.2. The van der Waals surface area contributed by atoms with Crippen molar-refractivity contribution in [1.29, 1.82) is 0 Å². The summed E-state index contributed by atoms with van der Waals surface area (Å²) in [5.41, 5.74) is 0. The molecule has 1 unspecified atom stereocenters. The molecule has 0 N–H and O–H groups in total. The Morgan fingerprint density at radius 1 is 1.06 bits per heavy atom. The smallest absolute Gasteiger partial charge is 0.208 e. The largest absolute Gasteiger partial charge is 0.328 e. The van der Waals surface area contributed by atoms with E-state index in [1.54, 1.807) is 0 Å². The summed E-state index contributed by atoms with van der Waals surface area (Å²) >= 11 is 0. The lowest BCUT2D eigenvalue weighted by molar-refractivity contribution is 0.0266. The molecule has 17 heavy (non-hydrogen) atoms. The van der Waals surface area contributed by atoms with E-state index in [1.807, 2.05) is 6.92 Å². The molecule has 4 rings (SSSR count). The average molecular weight is 256 g/mol. The molecule has 0 spiro atoms. The van der Waals surface area contributed by atoms with Crippen molar-refractivity contribution < 1.29 is 9.09 Å². The van der Waals surface area contributed by atoms with Crippen LogP contribution in [0.5, 0.6) is 0 Å². The Hall–Kier alpha value is 0.190. The minimum Gasteiger partial charge on any atom is -0.328 e. The average Bonchev–Trinajstić information content (AvgIpc) is 2.27. The van der Waals surface area contributed by atoms with Crippen LogP contribution in [0.4, 0.5) is 0 Å². The molecule has 4 aliphatic rings. The summed E-state index contributed by atoms with van der Waals surface area (Å²) in [5.74, 6) is 2.59. The second-order valence-corrected chi connectivity index (χ2v) is 9.74. The van der Waals surface area contributed by atoms with Gasteiger partial charge in [0.2, 0.25) is 7.37 Å². The van der Waals surface area contributed by atoms with E-state index in [-0.39, 0.29) is 5.16 Å². The molecule has 0 radical (unpaired) electrons. The lowest BCUT2D eigenvalue weighted by Gasteiger charge is -2.58. The quantitative estimate of drug-likeness (QED) is 0.701. The van der Waals surface area contributed by atoms with E-state index in [9.17, 15) is 4.57 Å². The highest BCUT2D eigenvalue weighted by Crippen LogP contribution is 2.72. The number of hydrogen-bond donors (Lipinski definition) is 0. The predicted octanol–water partition coefficient (Wildman–Crippen LogP) is 4.29. The van der Waals surface area contributed by atoms with Gasteiger partial charge in [-0.25, -0.2) is 0 Å². The van der Waals surface area contributed by atoms with Gasteiger partial charge in [-0.05, 0) is 63.2 Å². The predicted molar refractivity (Wildman–Crippen MR) is 70.7 cm³/mol. The van der Waals surface area contributed by atoms with Crippen LogP contribution in [0.25, 0.3) is 0 Å². The van der Waals surface area contributed by atoms with Crippen molar-refractivity contribution in [3.05, 3.63) is 0 Å². The molecule has 0 aliphatic heterocycles. The van der Waals surface area contributed by atoms with Gasteiger partial charge in [-0.3, -0.25) is 4.57 Å². The molecule has 0 saturated heterocycles. The van der Waals surface area contributed by atoms with Gasteiger partial charge in [0.15, 0.2) is 0 Å². The zero-order valence-corrected chi connectivity index (χ0v) is 12.0. The van der Waals surface area contributed by atoms with Crippen LogP contribution in [-0.4, -0.2) is 17.9 Å². The van der Waals surface area contributed by atoms with Crippen molar-refractivity contribution in [2.24, 2.45) is 17.8 Å². The van der Waals surface area contributed by atoms with Crippen molar-refractivity contribution in [2.75, 3.05) is 12.8 Å². The third kappa shape index (κ3) is 1.75. The third-order valence-corrected chi connectivity index (χ3v) is 8.98. The van der Waals surface area contributed by atoms with Gasteiger partial charge in [-0.2, -0.15) is 0 Å². The molecule has 1 atom stereocenters. The van der Waals surface area contributed by atoms with E-state index in [2.05, 4.69) is 6.92 Å². The first-order chi connectivity index (χ1) is 8.11.